The fourth-order valence-corrected chi connectivity index (χ4v) is 4.21. The van der Waals surface area contributed by atoms with Crippen LogP contribution in [-0.2, 0) is 6.54 Å². The Hall–Kier alpha value is -3.66. The van der Waals surface area contributed by atoms with E-state index in [1.54, 1.807) is 12.1 Å². The van der Waals surface area contributed by atoms with Crippen LogP contribution in [0.1, 0.15) is 18.4 Å². The smallest absolute Gasteiger partial charge is 0.293 e. The highest BCUT2D eigenvalue weighted by Gasteiger charge is 2.26. The van der Waals surface area contributed by atoms with Gasteiger partial charge in [-0.1, -0.05) is 6.07 Å². The predicted molar refractivity (Wildman–Crippen MR) is 118 cm³/mol. The Morgan fingerprint density at radius 2 is 1.97 bits per heavy atom. The van der Waals surface area contributed by atoms with Gasteiger partial charge in [-0.05, 0) is 42.5 Å². The Balaban J connectivity index is 1.43. The molecule has 1 aromatic heterocycles. The van der Waals surface area contributed by atoms with E-state index in [0.717, 1.165) is 18.4 Å². The standard InChI is InChI=1S/C22H23N5O5/c28-11-14-3-5-26(6-4-14)18-9-17-16(8-19(18)27(29)30)22(25-12-24-17)23-10-15-1-2-20-21(7-15)32-13-31-20/h1-2,7-9,12,14,28H,3-6,10-11,13H2,(H,23,24,25). The van der Waals surface area contributed by atoms with Crippen molar-refractivity contribution < 1.29 is 19.5 Å². The molecule has 1 saturated heterocycles. The van der Waals surface area contributed by atoms with Gasteiger partial charge < -0.3 is 24.8 Å². The maximum absolute atomic E-state index is 11.9. The van der Waals surface area contributed by atoms with E-state index in [2.05, 4.69) is 15.3 Å². The van der Waals surface area contributed by atoms with Gasteiger partial charge in [0.2, 0.25) is 6.79 Å². The van der Waals surface area contributed by atoms with Crippen LogP contribution in [0.15, 0.2) is 36.7 Å². The Labute approximate surface area is 184 Å². The second-order valence-electron chi connectivity index (χ2n) is 7.99. The van der Waals surface area contributed by atoms with Gasteiger partial charge >= 0.3 is 0 Å². The van der Waals surface area contributed by atoms with Crippen molar-refractivity contribution in [1.29, 1.82) is 0 Å². The Morgan fingerprint density at radius 3 is 2.75 bits per heavy atom. The largest absolute Gasteiger partial charge is 0.454 e. The molecule has 2 aliphatic rings. The highest BCUT2D eigenvalue weighted by atomic mass is 16.7. The molecule has 2 N–H and O–H groups in total. The van der Waals surface area contributed by atoms with E-state index in [0.29, 0.717) is 53.5 Å². The molecule has 2 aliphatic heterocycles. The number of piperidine rings is 1. The molecule has 3 heterocycles. The number of benzene rings is 2. The van der Waals surface area contributed by atoms with Crippen LogP contribution < -0.4 is 19.7 Å². The zero-order chi connectivity index (χ0) is 22.1. The van der Waals surface area contributed by atoms with Crippen LogP contribution in [0, 0.1) is 16.0 Å². The zero-order valence-electron chi connectivity index (χ0n) is 17.4. The first-order chi connectivity index (χ1) is 15.6. The summed E-state index contributed by atoms with van der Waals surface area (Å²) in [6, 6.07) is 9.00. The third-order valence-corrected chi connectivity index (χ3v) is 6.04. The molecular weight excluding hydrogens is 414 g/mol. The number of nitro benzene ring substituents is 1. The minimum Gasteiger partial charge on any atom is -0.454 e. The average Bonchev–Trinajstić information content (AvgIpc) is 3.30. The van der Waals surface area contributed by atoms with E-state index in [1.807, 2.05) is 23.1 Å². The number of aliphatic hydroxyl groups excluding tert-OH is 1. The van der Waals surface area contributed by atoms with Gasteiger partial charge in [-0.25, -0.2) is 9.97 Å². The number of nitrogens with zero attached hydrogens (tertiary/aromatic N) is 4. The highest BCUT2D eigenvalue weighted by Crippen LogP contribution is 2.37. The van der Waals surface area contributed by atoms with E-state index in [9.17, 15) is 15.2 Å². The number of fused-ring (bicyclic) bond motifs is 2. The molecule has 1 fully saturated rings. The van der Waals surface area contributed by atoms with Crippen molar-refractivity contribution in [3.05, 3.63) is 52.3 Å². The van der Waals surface area contributed by atoms with Crippen molar-refractivity contribution in [3.8, 4) is 11.5 Å². The minimum absolute atomic E-state index is 0.0286. The number of nitrogens with one attached hydrogen (secondary N) is 1. The summed E-state index contributed by atoms with van der Waals surface area (Å²) in [5.41, 5.74) is 2.19. The Bertz CT molecular complexity index is 1160. The first kappa shape index (κ1) is 20.3. The normalized spacial score (nSPS) is 15.8. The lowest BCUT2D eigenvalue weighted by atomic mass is 9.97. The number of aliphatic hydroxyl groups is 1. The molecule has 3 aromatic rings. The lowest BCUT2D eigenvalue weighted by Crippen LogP contribution is -2.35. The molecule has 10 heteroatoms. The summed E-state index contributed by atoms with van der Waals surface area (Å²) in [6.07, 6.45) is 3.06. The number of hydrogen-bond donors (Lipinski definition) is 2. The molecule has 0 saturated carbocycles. The van der Waals surface area contributed by atoms with Crippen LogP contribution in [0.3, 0.4) is 0 Å². The van der Waals surface area contributed by atoms with Gasteiger partial charge in [-0.15, -0.1) is 0 Å². The summed E-state index contributed by atoms with van der Waals surface area (Å²) in [6.45, 7) is 2.16. The van der Waals surface area contributed by atoms with Gasteiger partial charge in [0.1, 0.15) is 17.8 Å². The van der Waals surface area contributed by atoms with Crippen molar-refractivity contribution in [2.75, 3.05) is 36.7 Å². The van der Waals surface area contributed by atoms with Crippen molar-refractivity contribution in [2.45, 2.75) is 19.4 Å². The molecule has 2 aromatic carbocycles. The predicted octanol–water partition coefficient (Wildman–Crippen LogP) is 3.09. The number of aromatic nitrogens is 2. The van der Waals surface area contributed by atoms with E-state index >= 15 is 0 Å². The zero-order valence-corrected chi connectivity index (χ0v) is 17.4. The van der Waals surface area contributed by atoms with Crippen LogP contribution in [0.5, 0.6) is 11.5 Å². The average molecular weight is 437 g/mol. The lowest BCUT2D eigenvalue weighted by Gasteiger charge is -2.32. The maximum Gasteiger partial charge on any atom is 0.293 e. The number of hydrogen-bond acceptors (Lipinski definition) is 9. The van der Waals surface area contributed by atoms with Gasteiger partial charge in [0.25, 0.3) is 5.69 Å². The molecule has 10 nitrogen and oxygen atoms in total. The molecule has 0 spiro atoms. The van der Waals surface area contributed by atoms with E-state index in [-0.39, 0.29) is 29.9 Å². The van der Waals surface area contributed by atoms with Crippen LogP contribution in [0.4, 0.5) is 17.2 Å². The van der Waals surface area contributed by atoms with Crippen LogP contribution in [0.25, 0.3) is 10.9 Å². The van der Waals surface area contributed by atoms with E-state index in [1.165, 1.54) is 6.33 Å². The molecule has 0 atom stereocenters. The minimum atomic E-state index is -0.360. The summed E-state index contributed by atoms with van der Waals surface area (Å²) in [5, 5.41) is 25.1. The maximum atomic E-state index is 11.9. The van der Waals surface area contributed by atoms with Crippen molar-refractivity contribution >= 4 is 28.1 Å². The fourth-order valence-electron chi connectivity index (χ4n) is 4.21. The summed E-state index contributed by atoms with van der Waals surface area (Å²) in [7, 11) is 0. The molecule has 0 amide bonds. The lowest BCUT2D eigenvalue weighted by molar-refractivity contribution is -0.384. The SMILES string of the molecule is O=[N+]([O-])c1cc2c(NCc3ccc4c(c3)OCO4)ncnc2cc1N1CCC(CO)CC1. The summed E-state index contributed by atoms with van der Waals surface area (Å²) in [5.74, 6) is 2.19. The van der Waals surface area contributed by atoms with E-state index in [4.69, 9.17) is 9.47 Å². The third-order valence-electron chi connectivity index (χ3n) is 6.04. The third kappa shape index (κ3) is 3.84. The first-order valence-electron chi connectivity index (χ1n) is 10.5. The number of nitro groups is 1. The molecule has 0 aliphatic carbocycles. The number of anilines is 2. The molecule has 5 rings (SSSR count). The topological polar surface area (TPSA) is 123 Å². The molecule has 166 valence electrons. The second kappa shape index (κ2) is 8.46. The molecule has 0 bridgehead atoms. The Kier molecular flexibility index (Phi) is 5.36. The number of rotatable bonds is 6. The monoisotopic (exact) mass is 437 g/mol. The summed E-state index contributed by atoms with van der Waals surface area (Å²) in [4.78, 5) is 22.2. The highest BCUT2D eigenvalue weighted by molar-refractivity contribution is 5.94. The molecule has 32 heavy (non-hydrogen) atoms. The van der Waals surface area contributed by atoms with Crippen LogP contribution in [0.2, 0.25) is 0 Å². The fraction of sp³-hybridized carbons (Fsp3) is 0.364. The van der Waals surface area contributed by atoms with Crippen molar-refractivity contribution in [2.24, 2.45) is 5.92 Å². The first-order valence-corrected chi connectivity index (χ1v) is 10.5. The molecular formula is C22H23N5O5. The van der Waals surface area contributed by atoms with Crippen LogP contribution in [-0.4, -0.2) is 46.5 Å². The van der Waals surface area contributed by atoms with Gasteiger partial charge in [-0.3, -0.25) is 10.1 Å². The van der Waals surface area contributed by atoms with Gasteiger partial charge in [0, 0.05) is 37.7 Å². The summed E-state index contributed by atoms with van der Waals surface area (Å²) < 4.78 is 10.8. The van der Waals surface area contributed by atoms with Crippen molar-refractivity contribution in [1.82, 2.24) is 9.97 Å². The van der Waals surface area contributed by atoms with Crippen molar-refractivity contribution in [3.63, 3.8) is 0 Å². The van der Waals surface area contributed by atoms with Crippen LogP contribution >= 0.6 is 0 Å². The Morgan fingerprint density at radius 1 is 1.16 bits per heavy atom. The van der Waals surface area contributed by atoms with E-state index < -0.39 is 0 Å². The quantitative estimate of drug-likeness (QED) is 0.442. The second-order valence-corrected chi connectivity index (χ2v) is 7.99. The molecule has 0 radical (unpaired) electrons. The van der Waals surface area contributed by atoms with Gasteiger partial charge in [-0.2, -0.15) is 0 Å². The summed E-state index contributed by atoms with van der Waals surface area (Å²) >= 11 is 0. The van der Waals surface area contributed by atoms with Gasteiger partial charge in [0.05, 0.1) is 10.4 Å². The molecule has 0 unspecified atom stereocenters. The number of ether oxygens (including phenoxy) is 2. The van der Waals surface area contributed by atoms with Gasteiger partial charge in [0.15, 0.2) is 11.5 Å².